The number of hydrogen-bond donors (Lipinski definition) is 2. The Morgan fingerprint density at radius 2 is 2.17 bits per heavy atom. The zero-order chi connectivity index (χ0) is 13.7. The van der Waals surface area contributed by atoms with Crippen LogP contribution in [0.3, 0.4) is 0 Å². The topological polar surface area (TPSA) is 82.5 Å². The smallest absolute Gasteiger partial charge is 0.356 e. The van der Waals surface area contributed by atoms with Crippen LogP contribution >= 0.6 is 11.6 Å². The van der Waals surface area contributed by atoms with E-state index >= 15 is 0 Å². The van der Waals surface area contributed by atoms with Gasteiger partial charge in [0.2, 0.25) is 5.91 Å². The fourth-order valence-corrected chi connectivity index (χ4v) is 1.35. The van der Waals surface area contributed by atoms with Gasteiger partial charge in [0, 0.05) is 13.6 Å². The molecule has 0 saturated carbocycles. The molecule has 1 heterocycles. The number of carboxylic acids is 1. The van der Waals surface area contributed by atoms with E-state index in [9.17, 15) is 9.59 Å². The van der Waals surface area contributed by atoms with Crippen molar-refractivity contribution in [1.29, 1.82) is 0 Å². The molecule has 1 amide bonds. The largest absolute Gasteiger partial charge is 0.476 e. The Kier molecular flexibility index (Phi) is 4.91. The third-order valence-corrected chi connectivity index (χ3v) is 2.67. The van der Waals surface area contributed by atoms with E-state index in [4.69, 9.17) is 16.7 Å². The molecule has 0 aromatic carbocycles. The Bertz CT molecular complexity index is 465. The molecular weight excluding hydrogens is 258 g/mol. The minimum Gasteiger partial charge on any atom is -0.476 e. The highest BCUT2D eigenvalue weighted by molar-refractivity contribution is 6.33. The lowest BCUT2D eigenvalue weighted by Crippen LogP contribution is -2.32. The van der Waals surface area contributed by atoms with Gasteiger partial charge >= 0.3 is 5.97 Å². The number of carbonyl (C=O) groups is 2. The Balaban J connectivity index is 2.72. The number of pyridine rings is 1. The van der Waals surface area contributed by atoms with E-state index < -0.39 is 5.97 Å². The van der Waals surface area contributed by atoms with E-state index in [0.29, 0.717) is 12.4 Å². The monoisotopic (exact) mass is 271 g/mol. The van der Waals surface area contributed by atoms with Crippen LogP contribution in [0.2, 0.25) is 5.02 Å². The van der Waals surface area contributed by atoms with Crippen molar-refractivity contribution >= 4 is 29.3 Å². The first-order chi connectivity index (χ1) is 8.45. The van der Waals surface area contributed by atoms with Crippen LogP contribution < -0.4 is 5.32 Å². The quantitative estimate of drug-likeness (QED) is 0.844. The molecule has 0 bridgehead atoms. The molecule has 6 nitrogen and oxygen atoms in total. The van der Waals surface area contributed by atoms with Crippen molar-refractivity contribution in [2.24, 2.45) is 0 Å². The lowest BCUT2D eigenvalue weighted by atomic mass is 10.3. The van der Waals surface area contributed by atoms with Crippen molar-refractivity contribution in [2.75, 3.05) is 25.5 Å². The zero-order valence-corrected chi connectivity index (χ0v) is 10.9. The van der Waals surface area contributed by atoms with Crippen LogP contribution in [0.4, 0.5) is 5.82 Å². The highest BCUT2D eigenvalue weighted by atomic mass is 35.5. The van der Waals surface area contributed by atoms with Crippen molar-refractivity contribution in [3.8, 4) is 0 Å². The molecule has 0 spiro atoms. The third-order valence-electron chi connectivity index (χ3n) is 2.37. The number of rotatable bonds is 5. The molecule has 0 radical (unpaired) electrons. The summed E-state index contributed by atoms with van der Waals surface area (Å²) in [4.78, 5) is 27.7. The van der Waals surface area contributed by atoms with Crippen molar-refractivity contribution in [3.05, 3.63) is 22.8 Å². The van der Waals surface area contributed by atoms with E-state index in [1.165, 1.54) is 12.1 Å². The van der Waals surface area contributed by atoms with E-state index in [-0.39, 0.29) is 23.2 Å². The number of carbonyl (C=O) groups excluding carboxylic acids is 1. The summed E-state index contributed by atoms with van der Waals surface area (Å²) in [6.07, 6.45) is 0. The maximum absolute atomic E-state index is 11.5. The van der Waals surface area contributed by atoms with Gasteiger partial charge in [-0.25, -0.2) is 9.78 Å². The second-order valence-electron chi connectivity index (χ2n) is 3.59. The summed E-state index contributed by atoms with van der Waals surface area (Å²) >= 11 is 5.68. The SMILES string of the molecule is CCN(C)C(=O)CNc1ccc(Cl)c(C(=O)O)n1. The Morgan fingerprint density at radius 1 is 1.50 bits per heavy atom. The third kappa shape index (κ3) is 3.59. The summed E-state index contributed by atoms with van der Waals surface area (Å²) in [5.74, 6) is -1.01. The van der Waals surface area contributed by atoms with Crippen molar-refractivity contribution < 1.29 is 14.7 Å². The molecule has 0 fully saturated rings. The number of amides is 1. The number of carboxylic acid groups (broad SMARTS) is 1. The molecule has 18 heavy (non-hydrogen) atoms. The standard InChI is InChI=1S/C11H14ClN3O3/c1-3-15(2)9(16)6-13-8-5-4-7(12)10(14-8)11(17)18/h4-5H,3,6H2,1-2H3,(H,13,14)(H,17,18). The Labute approximate surface area is 110 Å². The van der Waals surface area contributed by atoms with Gasteiger partial charge in [0.05, 0.1) is 11.6 Å². The number of hydrogen-bond acceptors (Lipinski definition) is 4. The number of aromatic carboxylic acids is 1. The maximum atomic E-state index is 11.5. The number of nitrogens with zero attached hydrogens (tertiary/aromatic N) is 2. The number of likely N-dealkylation sites (N-methyl/N-ethyl adjacent to an activating group) is 1. The molecule has 1 aromatic rings. The Morgan fingerprint density at radius 3 is 2.72 bits per heavy atom. The van der Waals surface area contributed by atoms with Gasteiger partial charge < -0.3 is 15.3 Å². The number of nitrogens with one attached hydrogen (secondary N) is 1. The molecule has 2 N–H and O–H groups in total. The summed E-state index contributed by atoms with van der Waals surface area (Å²) < 4.78 is 0. The van der Waals surface area contributed by atoms with Crippen LogP contribution in [-0.4, -0.2) is 47.0 Å². The first kappa shape index (κ1) is 14.2. The van der Waals surface area contributed by atoms with Gasteiger partial charge in [0.15, 0.2) is 5.69 Å². The Hall–Kier alpha value is -1.82. The molecular formula is C11H14ClN3O3. The molecule has 98 valence electrons. The summed E-state index contributed by atoms with van der Waals surface area (Å²) in [6.45, 7) is 2.52. The average Bonchev–Trinajstić information content (AvgIpc) is 2.36. The number of anilines is 1. The van der Waals surface area contributed by atoms with Gasteiger partial charge in [0.25, 0.3) is 0 Å². The van der Waals surface area contributed by atoms with Crippen molar-refractivity contribution in [3.63, 3.8) is 0 Å². The molecule has 0 saturated heterocycles. The number of halogens is 1. The van der Waals surface area contributed by atoms with Gasteiger partial charge in [-0.05, 0) is 19.1 Å². The molecule has 0 aliphatic carbocycles. The van der Waals surface area contributed by atoms with Gasteiger partial charge in [-0.3, -0.25) is 4.79 Å². The van der Waals surface area contributed by atoms with E-state index in [1.54, 1.807) is 11.9 Å². The maximum Gasteiger partial charge on any atom is 0.356 e. The highest BCUT2D eigenvalue weighted by Gasteiger charge is 2.12. The van der Waals surface area contributed by atoms with E-state index in [1.807, 2.05) is 6.92 Å². The van der Waals surface area contributed by atoms with Crippen LogP contribution in [0, 0.1) is 0 Å². The minimum atomic E-state index is -1.21. The molecule has 0 aliphatic heterocycles. The van der Waals surface area contributed by atoms with Gasteiger partial charge in [-0.1, -0.05) is 11.6 Å². The summed E-state index contributed by atoms with van der Waals surface area (Å²) in [5, 5.41) is 11.7. The second kappa shape index (κ2) is 6.20. The predicted octanol–water partition coefficient (Wildman–Crippen LogP) is 1.32. The van der Waals surface area contributed by atoms with Crippen molar-refractivity contribution in [2.45, 2.75) is 6.92 Å². The minimum absolute atomic E-state index is 0.0536. The first-order valence-corrected chi connectivity index (χ1v) is 5.71. The second-order valence-corrected chi connectivity index (χ2v) is 4.00. The van der Waals surface area contributed by atoms with Gasteiger partial charge in [-0.15, -0.1) is 0 Å². The fraction of sp³-hybridized carbons (Fsp3) is 0.364. The zero-order valence-electron chi connectivity index (χ0n) is 10.1. The van der Waals surface area contributed by atoms with Crippen LogP contribution in [0.15, 0.2) is 12.1 Å². The first-order valence-electron chi connectivity index (χ1n) is 5.33. The van der Waals surface area contributed by atoms with Gasteiger partial charge in [-0.2, -0.15) is 0 Å². The molecule has 0 aliphatic rings. The fourth-order valence-electron chi connectivity index (χ4n) is 1.17. The van der Waals surface area contributed by atoms with E-state index in [0.717, 1.165) is 0 Å². The predicted molar refractivity (Wildman–Crippen MR) is 68.0 cm³/mol. The average molecular weight is 272 g/mol. The van der Waals surface area contributed by atoms with Gasteiger partial charge in [0.1, 0.15) is 5.82 Å². The normalized spacial score (nSPS) is 9.94. The van der Waals surface area contributed by atoms with Crippen LogP contribution in [0.25, 0.3) is 0 Å². The highest BCUT2D eigenvalue weighted by Crippen LogP contribution is 2.16. The molecule has 0 atom stereocenters. The summed E-state index contributed by atoms with van der Waals surface area (Å²) in [5.41, 5.74) is -0.238. The van der Waals surface area contributed by atoms with Crippen molar-refractivity contribution in [1.82, 2.24) is 9.88 Å². The van der Waals surface area contributed by atoms with Crippen LogP contribution in [0.1, 0.15) is 17.4 Å². The summed E-state index contributed by atoms with van der Waals surface area (Å²) in [6, 6.07) is 2.95. The van der Waals surface area contributed by atoms with Crippen LogP contribution in [0.5, 0.6) is 0 Å². The molecule has 0 unspecified atom stereocenters. The molecule has 1 aromatic heterocycles. The lowest BCUT2D eigenvalue weighted by Gasteiger charge is -2.15. The lowest BCUT2D eigenvalue weighted by molar-refractivity contribution is -0.127. The van der Waals surface area contributed by atoms with E-state index in [2.05, 4.69) is 10.3 Å². The summed E-state index contributed by atoms with van der Waals surface area (Å²) in [7, 11) is 1.68. The van der Waals surface area contributed by atoms with Crippen LogP contribution in [-0.2, 0) is 4.79 Å². The number of aromatic nitrogens is 1. The molecule has 1 rings (SSSR count). The molecule has 7 heteroatoms.